The van der Waals surface area contributed by atoms with Crippen LogP contribution in [-0.2, 0) is 4.79 Å². The van der Waals surface area contributed by atoms with Crippen LogP contribution in [0.3, 0.4) is 0 Å². The summed E-state index contributed by atoms with van der Waals surface area (Å²) in [6.45, 7) is 3.90. The molecule has 1 saturated carbocycles. The zero-order valence-electron chi connectivity index (χ0n) is 12.7. The van der Waals surface area contributed by atoms with Gasteiger partial charge in [-0.2, -0.15) is 5.10 Å². The lowest BCUT2D eigenvalue weighted by atomic mass is 9.92. The number of nitrogens with zero attached hydrogens (tertiary/aromatic N) is 1. The molecule has 1 aromatic carbocycles. The van der Waals surface area contributed by atoms with Gasteiger partial charge < -0.3 is 14.9 Å². The molecule has 1 atom stereocenters. The van der Waals surface area contributed by atoms with Crippen LogP contribution in [0.4, 0.5) is 0 Å². The zero-order chi connectivity index (χ0) is 15.9. The van der Waals surface area contributed by atoms with Crippen LogP contribution in [-0.4, -0.2) is 34.0 Å². The van der Waals surface area contributed by atoms with Crippen molar-refractivity contribution < 1.29 is 19.7 Å². The summed E-state index contributed by atoms with van der Waals surface area (Å²) >= 11 is 0. The minimum absolute atomic E-state index is 0.0574. The Labute approximate surface area is 128 Å². The first-order valence-electron chi connectivity index (χ1n) is 7.44. The second-order valence-corrected chi connectivity index (χ2v) is 6.24. The minimum atomic E-state index is -0.701. The molecule has 3 rings (SSSR count). The molecule has 0 spiro atoms. The fraction of sp³-hybridized carbons (Fsp3) is 0.500. The molecule has 1 fully saturated rings. The third-order valence-corrected chi connectivity index (χ3v) is 4.24. The van der Waals surface area contributed by atoms with Gasteiger partial charge in [0, 0.05) is 23.5 Å². The number of carbonyl (C=O) groups is 1. The van der Waals surface area contributed by atoms with Crippen LogP contribution in [0.25, 0.3) is 0 Å². The van der Waals surface area contributed by atoms with Crippen LogP contribution in [0.2, 0.25) is 0 Å². The molecule has 1 unspecified atom stereocenters. The van der Waals surface area contributed by atoms with E-state index < -0.39 is 5.60 Å². The van der Waals surface area contributed by atoms with Gasteiger partial charge in [-0.05, 0) is 31.9 Å². The van der Waals surface area contributed by atoms with Crippen molar-refractivity contribution in [1.29, 1.82) is 0 Å². The summed E-state index contributed by atoms with van der Waals surface area (Å²) in [6, 6.07) is 3.50. The lowest BCUT2D eigenvalue weighted by Gasteiger charge is -2.21. The predicted octanol–water partition coefficient (Wildman–Crippen LogP) is 1.46. The zero-order valence-corrected chi connectivity index (χ0v) is 12.7. The number of hydrogen-bond donors (Lipinski definition) is 3. The van der Waals surface area contributed by atoms with Gasteiger partial charge in [0.05, 0.1) is 11.3 Å². The van der Waals surface area contributed by atoms with E-state index in [9.17, 15) is 15.0 Å². The molecule has 0 aromatic heterocycles. The number of phenolic OH excluding ortho intramolecular Hbond substituents is 1. The van der Waals surface area contributed by atoms with Gasteiger partial charge in [-0.15, -0.1) is 0 Å². The summed E-state index contributed by atoms with van der Waals surface area (Å²) in [6.07, 6.45) is 1.86. The molecule has 0 bridgehead atoms. The van der Waals surface area contributed by atoms with Crippen molar-refractivity contribution in [3.8, 4) is 11.5 Å². The highest BCUT2D eigenvalue weighted by molar-refractivity contribution is 6.07. The van der Waals surface area contributed by atoms with Crippen molar-refractivity contribution in [3.05, 3.63) is 23.3 Å². The molecule has 3 N–H and O–H groups in total. The highest BCUT2D eigenvalue weighted by Crippen LogP contribution is 2.37. The van der Waals surface area contributed by atoms with Crippen molar-refractivity contribution in [2.75, 3.05) is 6.61 Å². The van der Waals surface area contributed by atoms with Crippen molar-refractivity contribution >= 4 is 11.6 Å². The second kappa shape index (κ2) is 5.28. The van der Waals surface area contributed by atoms with Crippen molar-refractivity contribution in [1.82, 2.24) is 5.43 Å². The van der Waals surface area contributed by atoms with Gasteiger partial charge in [-0.3, -0.25) is 4.79 Å². The fourth-order valence-electron chi connectivity index (χ4n) is 2.52. The molecule has 1 amide bonds. The van der Waals surface area contributed by atoms with Crippen LogP contribution >= 0.6 is 0 Å². The van der Waals surface area contributed by atoms with Crippen LogP contribution in [0.5, 0.6) is 11.5 Å². The summed E-state index contributed by atoms with van der Waals surface area (Å²) in [4.78, 5) is 11.3. The number of carbonyl (C=O) groups excluding carboxylic acids is 1. The van der Waals surface area contributed by atoms with Gasteiger partial charge in [0.1, 0.15) is 18.1 Å². The molecule has 1 aliphatic heterocycles. The van der Waals surface area contributed by atoms with Gasteiger partial charge in [0.15, 0.2) is 0 Å². The number of amides is 1. The summed E-state index contributed by atoms with van der Waals surface area (Å²) in [7, 11) is 0. The van der Waals surface area contributed by atoms with E-state index in [1.54, 1.807) is 19.1 Å². The van der Waals surface area contributed by atoms with Crippen LogP contribution < -0.4 is 10.2 Å². The molecule has 0 radical (unpaired) electrons. The third kappa shape index (κ3) is 2.78. The average molecular weight is 304 g/mol. The molecule has 0 saturated heterocycles. The van der Waals surface area contributed by atoms with Gasteiger partial charge in [0.2, 0.25) is 5.91 Å². The van der Waals surface area contributed by atoms with Crippen LogP contribution in [0.1, 0.15) is 37.3 Å². The van der Waals surface area contributed by atoms with Crippen molar-refractivity contribution in [2.45, 2.75) is 38.7 Å². The Balaban J connectivity index is 1.84. The van der Waals surface area contributed by atoms with E-state index in [2.05, 4.69) is 10.5 Å². The lowest BCUT2D eigenvalue weighted by Crippen LogP contribution is -2.32. The minimum Gasteiger partial charge on any atom is -0.507 e. The van der Waals surface area contributed by atoms with E-state index in [0.29, 0.717) is 29.0 Å². The summed E-state index contributed by atoms with van der Waals surface area (Å²) in [5.74, 6) is 0.472. The molecule has 1 aliphatic carbocycles. The number of rotatable bonds is 4. The predicted molar refractivity (Wildman–Crippen MR) is 81.0 cm³/mol. The number of nitrogens with one attached hydrogen (secondary N) is 1. The molecule has 6 nitrogen and oxygen atoms in total. The average Bonchev–Trinajstić information content (AvgIpc) is 3.20. The maximum absolute atomic E-state index is 11.3. The van der Waals surface area contributed by atoms with Gasteiger partial charge in [0.25, 0.3) is 0 Å². The van der Waals surface area contributed by atoms with Crippen LogP contribution in [0, 0.1) is 12.8 Å². The number of hydrazone groups is 1. The Morgan fingerprint density at radius 1 is 1.45 bits per heavy atom. The second-order valence-electron chi connectivity index (χ2n) is 6.24. The topological polar surface area (TPSA) is 91.2 Å². The molecule has 118 valence electrons. The Morgan fingerprint density at radius 3 is 2.82 bits per heavy atom. The number of hydrogen-bond acceptors (Lipinski definition) is 5. The molecule has 6 heteroatoms. The SMILES string of the molecule is Cc1c(OCC2(O)CC2)ccc(C2=NNC(=O)CC2C)c1O. The van der Waals surface area contributed by atoms with E-state index in [0.717, 1.165) is 12.8 Å². The first-order valence-corrected chi connectivity index (χ1v) is 7.44. The van der Waals surface area contributed by atoms with E-state index in [1.165, 1.54) is 0 Å². The highest BCUT2D eigenvalue weighted by atomic mass is 16.5. The number of aliphatic hydroxyl groups is 1. The largest absolute Gasteiger partial charge is 0.507 e. The van der Waals surface area contributed by atoms with Crippen molar-refractivity contribution in [2.24, 2.45) is 11.0 Å². The smallest absolute Gasteiger partial charge is 0.240 e. The summed E-state index contributed by atoms with van der Waals surface area (Å²) in [5, 5.41) is 24.3. The lowest BCUT2D eigenvalue weighted by molar-refractivity contribution is -0.121. The van der Waals surface area contributed by atoms with E-state index in [4.69, 9.17) is 4.74 Å². The molecule has 1 aromatic rings. The van der Waals surface area contributed by atoms with Gasteiger partial charge >= 0.3 is 0 Å². The highest BCUT2D eigenvalue weighted by Gasteiger charge is 2.41. The first kappa shape index (κ1) is 14.8. The standard InChI is InChI=1S/C16H20N2O4/c1-9-7-13(19)17-18-14(9)11-3-4-12(10(2)15(11)20)22-8-16(21)5-6-16/h3-4,9,20-21H,5-8H2,1-2H3,(H,17,19). The Morgan fingerprint density at radius 2 is 2.18 bits per heavy atom. The normalized spacial score (nSPS) is 22.8. The molecule has 22 heavy (non-hydrogen) atoms. The maximum Gasteiger partial charge on any atom is 0.240 e. The monoisotopic (exact) mass is 304 g/mol. The summed E-state index contributed by atoms with van der Waals surface area (Å²) in [5.41, 5.74) is 3.61. The molecular weight excluding hydrogens is 284 g/mol. The molecule has 1 heterocycles. The Bertz CT molecular complexity index is 650. The molecular formula is C16H20N2O4. The van der Waals surface area contributed by atoms with Crippen LogP contribution in [0.15, 0.2) is 17.2 Å². The van der Waals surface area contributed by atoms with E-state index in [-0.39, 0.29) is 24.2 Å². The Hall–Kier alpha value is -2.08. The quantitative estimate of drug-likeness (QED) is 0.785. The number of ether oxygens (including phenoxy) is 1. The summed E-state index contributed by atoms with van der Waals surface area (Å²) < 4.78 is 5.61. The third-order valence-electron chi connectivity index (χ3n) is 4.24. The fourth-order valence-corrected chi connectivity index (χ4v) is 2.52. The number of aromatic hydroxyl groups is 1. The number of benzene rings is 1. The number of phenols is 1. The van der Waals surface area contributed by atoms with Crippen molar-refractivity contribution in [3.63, 3.8) is 0 Å². The van der Waals surface area contributed by atoms with E-state index in [1.807, 2.05) is 6.92 Å². The molecule has 2 aliphatic rings. The Kier molecular flexibility index (Phi) is 3.56. The van der Waals surface area contributed by atoms with E-state index >= 15 is 0 Å². The first-order chi connectivity index (χ1) is 10.4. The van der Waals surface area contributed by atoms with Gasteiger partial charge in [-0.25, -0.2) is 5.43 Å². The van der Waals surface area contributed by atoms with Gasteiger partial charge in [-0.1, -0.05) is 6.92 Å². The maximum atomic E-state index is 11.3.